The highest BCUT2D eigenvalue weighted by molar-refractivity contribution is 6.11. The fourth-order valence-corrected chi connectivity index (χ4v) is 1.89. The van der Waals surface area contributed by atoms with Crippen molar-refractivity contribution in [1.82, 2.24) is 5.32 Å². The molecule has 0 spiro atoms. The van der Waals surface area contributed by atoms with Gasteiger partial charge in [0.25, 0.3) is 11.8 Å². The average molecular weight is 234 g/mol. The Hall–Kier alpha value is -2.31. The molecule has 2 heterocycles. The quantitative estimate of drug-likeness (QED) is 0.715. The van der Waals surface area contributed by atoms with E-state index in [0.717, 1.165) is 0 Å². The Balaban J connectivity index is 1.96. The number of benzene rings is 1. The number of imide groups is 1. The number of nitrogens with zero attached hydrogens (tertiary/aromatic N) is 3. The van der Waals surface area contributed by atoms with Gasteiger partial charge in [0.1, 0.15) is 5.82 Å². The van der Waals surface area contributed by atoms with Gasteiger partial charge < -0.3 is 0 Å². The number of carbonyl (C=O) groups is 2. The third-order valence-corrected chi connectivity index (χ3v) is 2.71. The summed E-state index contributed by atoms with van der Waals surface area (Å²) in [5.41, 5.74) is 0.521. The number of rotatable bonds is 1. The molecular formula is C10H7FN4O2. The number of carbonyl (C=O) groups excluding carboxylic acids is 2. The molecule has 0 aromatic heterocycles. The third kappa shape index (κ3) is 1.39. The zero-order valence-electron chi connectivity index (χ0n) is 8.50. The van der Waals surface area contributed by atoms with E-state index in [2.05, 4.69) is 15.7 Å². The maximum atomic E-state index is 12.8. The van der Waals surface area contributed by atoms with Gasteiger partial charge in [0.15, 0.2) is 12.1 Å². The van der Waals surface area contributed by atoms with Crippen LogP contribution in [0.3, 0.4) is 0 Å². The van der Waals surface area contributed by atoms with Crippen molar-refractivity contribution in [3.8, 4) is 0 Å². The van der Waals surface area contributed by atoms with Gasteiger partial charge in [-0.15, -0.1) is 0 Å². The predicted octanol–water partition coefficient (Wildman–Crippen LogP) is 0.406. The van der Waals surface area contributed by atoms with Gasteiger partial charge in [0.2, 0.25) is 0 Å². The molecular weight excluding hydrogens is 227 g/mol. The van der Waals surface area contributed by atoms with E-state index >= 15 is 0 Å². The smallest absolute Gasteiger partial charge is 0.256 e. The molecule has 2 unspecified atom stereocenters. The van der Waals surface area contributed by atoms with Crippen LogP contribution in [-0.4, -0.2) is 23.9 Å². The van der Waals surface area contributed by atoms with Crippen molar-refractivity contribution in [2.75, 3.05) is 5.01 Å². The standard InChI is InChI=1S/C10H7FN4O2/c11-5-1-3-6(4-2-5)15-8-7(13-14-15)9(16)12-10(8)17/h1-4,7-8H,(H,12,16,17). The lowest BCUT2D eigenvalue weighted by atomic mass is 10.1. The molecule has 2 aliphatic heterocycles. The Morgan fingerprint density at radius 1 is 1.18 bits per heavy atom. The molecule has 2 atom stereocenters. The van der Waals surface area contributed by atoms with E-state index in [1.165, 1.54) is 29.3 Å². The molecule has 2 amide bonds. The largest absolute Gasteiger partial charge is 0.292 e. The van der Waals surface area contributed by atoms with Crippen LogP contribution in [0.15, 0.2) is 34.6 Å². The lowest BCUT2D eigenvalue weighted by molar-refractivity contribution is -0.125. The Morgan fingerprint density at radius 2 is 1.88 bits per heavy atom. The van der Waals surface area contributed by atoms with Crippen LogP contribution in [0.1, 0.15) is 0 Å². The van der Waals surface area contributed by atoms with Crippen molar-refractivity contribution in [3.63, 3.8) is 0 Å². The van der Waals surface area contributed by atoms with Gasteiger partial charge in [-0.3, -0.25) is 14.9 Å². The van der Waals surface area contributed by atoms with Crippen molar-refractivity contribution < 1.29 is 14.0 Å². The Kier molecular flexibility index (Phi) is 1.94. The zero-order valence-corrected chi connectivity index (χ0v) is 8.50. The summed E-state index contributed by atoms with van der Waals surface area (Å²) in [6.07, 6.45) is 0. The molecule has 1 N–H and O–H groups in total. The molecule has 7 heteroatoms. The minimum Gasteiger partial charge on any atom is -0.292 e. The van der Waals surface area contributed by atoms with Crippen LogP contribution in [-0.2, 0) is 9.59 Å². The Morgan fingerprint density at radius 3 is 2.59 bits per heavy atom. The lowest BCUT2D eigenvalue weighted by Crippen LogP contribution is -2.38. The molecule has 6 nitrogen and oxygen atoms in total. The van der Waals surface area contributed by atoms with E-state index in [4.69, 9.17) is 0 Å². The van der Waals surface area contributed by atoms with Crippen LogP contribution in [0.2, 0.25) is 0 Å². The topological polar surface area (TPSA) is 74.1 Å². The highest BCUT2D eigenvalue weighted by atomic mass is 19.1. The monoisotopic (exact) mass is 234 g/mol. The molecule has 0 saturated carbocycles. The molecule has 1 fully saturated rings. The van der Waals surface area contributed by atoms with Gasteiger partial charge in [-0.1, -0.05) is 5.22 Å². The molecule has 0 aliphatic carbocycles. The Bertz CT molecular complexity index is 528. The van der Waals surface area contributed by atoms with Gasteiger partial charge in [-0.05, 0) is 24.3 Å². The number of fused-ring (bicyclic) bond motifs is 1. The minimum atomic E-state index is -0.799. The summed E-state index contributed by atoms with van der Waals surface area (Å²) in [4.78, 5) is 22.9. The fourth-order valence-electron chi connectivity index (χ4n) is 1.89. The third-order valence-electron chi connectivity index (χ3n) is 2.71. The van der Waals surface area contributed by atoms with Crippen LogP contribution in [0.4, 0.5) is 10.1 Å². The second-order valence-corrected chi connectivity index (χ2v) is 3.77. The lowest BCUT2D eigenvalue weighted by Gasteiger charge is -2.17. The fraction of sp³-hybridized carbons (Fsp3) is 0.200. The van der Waals surface area contributed by atoms with Gasteiger partial charge in [-0.2, -0.15) is 5.11 Å². The first-order chi connectivity index (χ1) is 8.16. The predicted molar refractivity (Wildman–Crippen MR) is 54.5 cm³/mol. The second-order valence-electron chi connectivity index (χ2n) is 3.77. The van der Waals surface area contributed by atoms with Crippen molar-refractivity contribution >= 4 is 17.5 Å². The molecule has 86 valence electrons. The number of anilines is 1. The van der Waals surface area contributed by atoms with E-state index in [0.29, 0.717) is 5.69 Å². The summed E-state index contributed by atoms with van der Waals surface area (Å²) in [6.45, 7) is 0. The van der Waals surface area contributed by atoms with E-state index in [1.54, 1.807) is 0 Å². The van der Waals surface area contributed by atoms with Crippen LogP contribution in [0.5, 0.6) is 0 Å². The van der Waals surface area contributed by atoms with Gasteiger partial charge >= 0.3 is 0 Å². The van der Waals surface area contributed by atoms with E-state index < -0.39 is 23.9 Å². The molecule has 17 heavy (non-hydrogen) atoms. The van der Waals surface area contributed by atoms with E-state index in [1.807, 2.05) is 0 Å². The van der Waals surface area contributed by atoms with Gasteiger partial charge in [0, 0.05) is 0 Å². The van der Waals surface area contributed by atoms with Gasteiger partial charge in [-0.25, -0.2) is 9.40 Å². The molecule has 2 aliphatic rings. The van der Waals surface area contributed by atoms with Crippen molar-refractivity contribution in [2.45, 2.75) is 12.1 Å². The molecule has 0 bridgehead atoms. The highest BCUT2D eigenvalue weighted by Gasteiger charge is 2.49. The van der Waals surface area contributed by atoms with Crippen molar-refractivity contribution in [1.29, 1.82) is 0 Å². The van der Waals surface area contributed by atoms with E-state index in [-0.39, 0.29) is 5.82 Å². The van der Waals surface area contributed by atoms with Crippen LogP contribution >= 0.6 is 0 Å². The normalized spacial score (nSPS) is 26.3. The maximum Gasteiger partial charge on any atom is 0.256 e. The number of hydrogen-bond donors (Lipinski definition) is 1. The summed E-state index contributed by atoms with van der Waals surface area (Å²) >= 11 is 0. The second kappa shape index (κ2) is 3.34. The number of amides is 2. The average Bonchev–Trinajstić information content (AvgIpc) is 2.84. The summed E-state index contributed by atoms with van der Waals surface area (Å²) in [6, 6.07) is 3.92. The minimum absolute atomic E-state index is 0.381. The Labute approximate surface area is 95.1 Å². The number of nitrogens with one attached hydrogen (secondary N) is 1. The summed E-state index contributed by atoms with van der Waals surface area (Å²) in [5.74, 6) is -1.27. The summed E-state index contributed by atoms with van der Waals surface area (Å²) in [7, 11) is 0. The SMILES string of the molecule is O=C1NC(=O)C2C1N=NN2c1ccc(F)cc1. The molecule has 3 rings (SSSR count). The zero-order chi connectivity index (χ0) is 12.0. The van der Waals surface area contributed by atoms with E-state index in [9.17, 15) is 14.0 Å². The maximum absolute atomic E-state index is 12.8. The van der Waals surface area contributed by atoms with Crippen LogP contribution < -0.4 is 10.3 Å². The first kappa shape index (κ1) is 9.88. The molecule has 0 radical (unpaired) electrons. The highest BCUT2D eigenvalue weighted by Crippen LogP contribution is 2.28. The summed E-state index contributed by atoms with van der Waals surface area (Å²) < 4.78 is 12.8. The number of hydrogen-bond acceptors (Lipinski definition) is 5. The first-order valence-corrected chi connectivity index (χ1v) is 4.97. The first-order valence-electron chi connectivity index (χ1n) is 4.97. The van der Waals surface area contributed by atoms with Crippen molar-refractivity contribution in [3.05, 3.63) is 30.1 Å². The van der Waals surface area contributed by atoms with Crippen LogP contribution in [0, 0.1) is 5.82 Å². The molecule has 1 saturated heterocycles. The molecule has 1 aromatic carbocycles. The van der Waals surface area contributed by atoms with Crippen LogP contribution in [0.25, 0.3) is 0 Å². The van der Waals surface area contributed by atoms with Gasteiger partial charge in [0.05, 0.1) is 5.69 Å². The van der Waals surface area contributed by atoms with Crippen molar-refractivity contribution in [2.24, 2.45) is 10.3 Å². The molecule has 1 aromatic rings. The number of halogens is 1. The summed E-state index contributed by atoms with van der Waals surface area (Å²) in [5, 5.41) is 11.0.